The number of aromatic amines is 1. The number of para-hydroxylation sites is 1. The van der Waals surface area contributed by atoms with Crippen molar-refractivity contribution < 1.29 is 0 Å². The van der Waals surface area contributed by atoms with E-state index in [0.29, 0.717) is 29.8 Å². The van der Waals surface area contributed by atoms with Crippen molar-refractivity contribution in [3.05, 3.63) is 40.4 Å². The van der Waals surface area contributed by atoms with Gasteiger partial charge in [0.1, 0.15) is 5.82 Å². The number of nitrogens with one attached hydrogen (secondary N) is 2. The molecule has 4 nitrogen and oxygen atoms in total. The predicted octanol–water partition coefficient (Wildman–Crippen LogP) is 0.646. The number of H-pyrrole nitrogens is 1. The first kappa shape index (κ1) is 10.4. The Labute approximate surface area is 92.7 Å². The van der Waals surface area contributed by atoms with Crippen LogP contribution in [0.25, 0.3) is 10.9 Å². The summed E-state index contributed by atoms with van der Waals surface area (Å²) in [5.74, 6) is 3.06. The highest BCUT2D eigenvalue weighted by Gasteiger charge is 2.01. The SMILES string of the molecule is C#CCNCc1nc2ccccc2c(=O)[nH]1. The number of hydrogen-bond acceptors (Lipinski definition) is 3. The molecule has 1 aromatic carbocycles. The largest absolute Gasteiger partial charge is 0.309 e. The topological polar surface area (TPSA) is 57.8 Å². The molecule has 0 aliphatic rings. The van der Waals surface area contributed by atoms with E-state index in [1.807, 2.05) is 18.2 Å². The maximum Gasteiger partial charge on any atom is 0.258 e. The van der Waals surface area contributed by atoms with Crippen LogP contribution in [0.3, 0.4) is 0 Å². The zero-order valence-electron chi connectivity index (χ0n) is 8.66. The number of rotatable bonds is 3. The van der Waals surface area contributed by atoms with E-state index in [4.69, 9.17) is 6.42 Å². The Balaban J connectivity index is 2.35. The van der Waals surface area contributed by atoms with Gasteiger partial charge in [0.05, 0.1) is 24.0 Å². The summed E-state index contributed by atoms with van der Waals surface area (Å²) in [6.07, 6.45) is 5.11. The Bertz CT molecular complexity index is 595. The van der Waals surface area contributed by atoms with Crippen LogP contribution < -0.4 is 10.9 Å². The lowest BCUT2D eigenvalue weighted by Crippen LogP contribution is -2.19. The van der Waals surface area contributed by atoms with Crippen molar-refractivity contribution in [2.75, 3.05) is 6.54 Å². The van der Waals surface area contributed by atoms with Crippen LogP contribution in [-0.4, -0.2) is 16.5 Å². The van der Waals surface area contributed by atoms with Crippen molar-refractivity contribution in [1.82, 2.24) is 15.3 Å². The van der Waals surface area contributed by atoms with E-state index >= 15 is 0 Å². The van der Waals surface area contributed by atoms with Gasteiger partial charge in [0, 0.05) is 0 Å². The molecule has 0 unspecified atom stereocenters. The summed E-state index contributed by atoms with van der Waals surface area (Å²) in [5.41, 5.74) is 0.576. The van der Waals surface area contributed by atoms with Gasteiger partial charge in [-0.25, -0.2) is 4.98 Å². The number of benzene rings is 1. The number of aromatic nitrogens is 2. The van der Waals surface area contributed by atoms with E-state index in [-0.39, 0.29) is 5.56 Å². The summed E-state index contributed by atoms with van der Waals surface area (Å²) >= 11 is 0. The number of nitrogens with zero attached hydrogens (tertiary/aromatic N) is 1. The van der Waals surface area contributed by atoms with Crippen molar-refractivity contribution in [1.29, 1.82) is 0 Å². The van der Waals surface area contributed by atoms with Gasteiger partial charge in [-0.15, -0.1) is 6.42 Å². The minimum atomic E-state index is -0.122. The van der Waals surface area contributed by atoms with Crippen LogP contribution in [0.5, 0.6) is 0 Å². The third kappa shape index (κ3) is 2.10. The van der Waals surface area contributed by atoms with E-state index in [9.17, 15) is 4.79 Å². The molecule has 0 aliphatic heterocycles. The van der Waals surface area contributed by atoms with Crippen molar-refractivity contribution >= 4 is 10.9 Å². The van der Waals surface area contributed by atoms with E-state index in [1.54, 1.807) is 6.07 Å². The van der Waals surface area contributed by atoms with Gasteiger partial charge in [0.25, 0.3) is 5.56 Å². The van der Waals surface area contributed by atoms with Crippen molar-refractivity contribution in [3.63, 3.8) is 0 Å². The van der Waals surface area contributed by atoms with Gasteiger partial charge in [-0.2, -0.15) is 0 Å². The summed E-state index contributed by atoms with van der Waals surface area (Å²) in [7, 11) is 0. The van der Waals surface area contributed by atoms with Gasteiger partial charge in [-0.3, -0.25) is 10.1 Å². The summed E-state index contributed by atoms with van der Waals surface area (Å²) in [4.78, 5) is 18.7. The zero-order valence-corrected chi connectivity index (χ0v) is 8.66. The first-order valence-corrected chi connectivity index (χ1v) is 4.93. The minimum Gasteiger partial charge on any atom is -0.309 e. The highest BCUT2D eigenvalue weighted by atomic mass is 16.1. The Kier molecular flexibility index (Phi) is 2.99. The third-order valence-corrected chi connectivity index (χ3v) is 2.18. The molecule has 2 aromatic rings. The van der Waals surface area contributed by atoms with Crippen molar-refractivity contribution in [2.24, 2.45) is 0 Å². The molecule has 0 spiro atoms. The zero-order chi connectivity index (χ0) is 11.4. The molecule has 0 aliphatic carbocycles. The van der Waals surface area contributed by atoms with Gasteiger partial charge in [0.2, 0.25) is 0 Å². The normalized spacial score (nSPS) is 10.2. The summed E-state index contributed by atoms with van der Waals surface area (Å²) in [6, 6.07) is 7.23. The Morgan fingerprint density at radius 2 is 2.25 bits per heavy atom. The fraction of sp³-hybridized carbons (Fsp3) is 0.167. The van der Waals surface area contributed by atoms with Crippen LogP contribution in [-0.2, 0) is 6.54 Å². The van der Waals surface area contributed by atoms with E-state index in [1.165, 1.54) is 0 Å². The number of fused-ring (bicyclic) bond motifs is 1. The van der Waals surface area contributed by atoms with E-state index < -0.39 is 0 Å². The molecular formula is C12H11N3O. The molecule has 2 rings (SSSR count). The minimum absolute atomic E-state index is 0.122. The molecule has 1 aromatic heterocycles. The molecule has 4 heteroatoms. The van der Waals surface area contributed by atoms with Crippen LogP contribution in [0.2, 0.25) is 0 Å². The second-order valence-electron chi connectivity index (χ2n) is 3.34. The van der Waals surface area contributed by atoms with Crippen LogP contribution in [0.4, 0.5) is 0 Å². The van der Waals surface area contributed by atoms with Crippen LogP contribution in [0.1, 0.15) is 5.82 Å². The van der Waals surface area contributed by atoms with Crippen molar-refractivity contribution in [3.8, 4) is 12.3 Å². The smallest absolute Gasteiger partial charge is 0.258 e. The first-order valence-electron chi connectivity index (χ1n) is 4.93. The molecule has 80 valence electrons. The lowest BCUT2D eigenvalue weighted by Gasteiger charge is -2.02. The highest BCUT2D eigenvalue weighted by Crippen LogP contribution is 2.05. The predicted molar refractivity (Wildman–Crippen MR) is 62.9 cm³/mol. The molecule has 1 heterocycles. The molecule has 0 radical (unpaired) electrons. The lowest BCUT2D eigenvalue weighted by atomic mass is 10.2. The second kappa shape index (κ2) is 4.60. The molecule has 0 bridgehead atoms. The monoisotopic (exact) mass is 213 g/mol. The van der Waals surface area contributed by atoms with Crippen molar-refractivity contribution in [2.45, 2.75) is 6.54 Å². The standard InChI is InChI=1S/C12H11N3O/c1-2-7-13-8-11-14-10-6-4-3-5-9(10)12(16)15-11/h1,3-6,13H,7-8H2,(H,14,15,16). The molecule has 0 atom stereocenters. The molecule has 2 N–H and O–H groups in total. The summed E-state index contributed by atoms with van der Waals surface area (Å²) < 4.78 is 0. The summed E-state index contributed by atoms with van der Waals surface area (Å²) in [5, 5.41) is 3.57. The second-order valence-corrected chi connectivity index (χ2v) is 3.34. The maximum absolute atomic E-state index is 11.7. The lowest BCUT2D eigenvalue weighted by molar-refractivity contribution is 0.725. The summed E-state index contributed by atoms with van der Waals surface area (Å²) in [6.45, 7) is 0.917. The fourth-order valence-electron chi connectivity index (χ4n) is 1.47. The van der Waals surface area contributed by atoms with Gasteiger partial charge in [-0.1, -0.05) is 18.1 Å². The Morgan fingerprint density at radius 1 is 1.44 bits per heavy atom. The van der Waals surface area contributed by atoms with Crippen LogP contribution in [0.15, 0.2) is 29.1 Å². The maximum atomic E-state index is 11.7. The number of terminal acetylenes is 1. The average molecular weight is 213 g/mol. The third-order valence-electron chi connectivity index (χ3n) is 2.18. The average Bonchev–Trinajstić information content (AvgIpc) is 2.30. The van der Waals surface area contributed by atoms with Gasteiger partial charge < -0.3 is 4.98 Å². The molecule has 16 heavy (non-hydrogen) atoms. The molecule has 0 amide bonds. The molecular weight excluding hydrogens is 202 g/mol. The number of hydrogen-bond donors (Lipinski definition) is 2. The highest BCUT2D eigenvalue weighted by molar-refractivity contribution is 5.77. The molecule has 0 fully saturated rings. The quantitative estimate of drug-likeness (QED) is 0.581. The van der Waals surface area contributed by atoms with Crippen LogP contribution in [0, 0.1) is 12.3 Å². The van der Waals surface area contributed by atoms with Gasteiger partial charge >= 0.3 is 0 Å². The molecule has 0 saturated heterocycles. The molecule has 0 saturated carbocycles. The van der Waals surface area contributed by atoms with E-state index in [0.717, 1.165) is 0 Å². The van der Waals surface area contributed by atoms with Gasteiger partial charge in [-0.05, 0) is 12.1 Å². The van der Waals surface area contributed by atoms with Gasteiger partial charge in [0.15, 0.2) is 0 Å². The Hall–Kier alpha value is -2.12. The van der Waals surface area contributed by atoms with E-state index in [2.05, 4.69) is 21.2 Å². The fourth-order valence-corrected chi connectivity index (χ4v) is 1.47. The van der Waals surface area contributed by atoms with Crippen LogP contribution >= 0.6 is 0 Å². The first-order chi connectivity index (χ1) is 7.81. The Morgan fingerprint density at radius 3 is 3.06 bits per heavy atom.